The minimum Gasteiger partial charge on any atom is -0.393 e. The normalized spacial score (nSPS) is 42.5. The van der Waals surface area contributed by atoms with E-state index in [0.717, 1.165) is 155 Å². The Kier molecular flexibility index (Phi) is 11.0. The van der Waals surface area contributed by atoms with Gasteiger partial charge in [-0.05, 0) is 164 Å². The fraction of sp³-hybridized carbons (Fsp3) is 0.909. The van der Waals surface area contributed by atoms with Crippen LogP contribution >= 0.6 is 0 Å². The number of nitrogens with one attached hydrogen (secondary N) is 2. The maximum absolute atomic E-state index is 13.3. The first-order valence-electron chi connectivity index (χ1n) is 23.1. The van der Waals surface area contributed by atoms with E-state index in [0.29, 0.717) is 48.6 Å². The maximum atomic E-state index is 13.3. The van der Waals surface area contributed by atoms with Gasteiger partial charge in [0.1, 0.15) is 0 Å². The molecule has 56 heavy (non-hydrogen) atoms. The Bertz CT molecular complexity index is 1340. The molecule has 312 valence electrons. The minimum absolute atomic E-state index is 0.0768. The Morgan fingerprint density at radius 3 is 1.14 bits per heavy atom. The summed E-state index contributed by atoms with van der Waals surface area (Å²) in [5, 5.41) is 27.7. The van der Waals surface area contributed by atoms with E-state index in [4.69, 9.17) is 0 Å². The van der Waals surface area contributed by atoms with Crippen LogP contribution in [0.25, 0.3) is 0 Å². The summed E-state index contributed by atoms with van der Waals surface area (Å²) in [5.74, 6) is 2.93. The molecule has 12 nitrogen and oxygen atoms in total. The second-order valence-electron chi connectivity index (χ2n) is 20.7. The van der Waals surface area contributed by atoms with Crippen LogP contribution in [0.15, 0.2) is 0 Å². The number of urea groups is 2. The molecule has 4 heterocycles. The van der Waals surface area contributed by atoms with E-state index in [9.17, 15) is 29.4 Å². The number of carbonyl (C=O) groups is 4. The van der Waals surface area contributed by atoms with Crippen LogP contribution in [0, 0.1) is 46.3 Å². The number of hydrogen-bond acceptors (Lipinski definition) is 6. The lowest BCUT2D eigenvalue weighted by Crippen LogP contribution is -2.61. The van der Waals surface area contributed by atoms with Crippen molar-refractivity contribution in [1.82, 2.24) is 30.2 Å². The van der Waals surface area contributed by atoms with Gasteiger partial charge in [-0.2, -0.15) is 0 Å². The van der Waals surface area contributed by atoms with Crippen molar-refractivity contribution in [2.75, 3.05) is 52.4 Å². The van der Waals surface area contributed by atoms with Gasteiger partial charge in [-0.15, -0.1) is 0 Å². The minimum atomic E-state index is -0.255. The van der Waals surface area contributed by atoms with Crippen LogP contribution in [0.3, 0.4) is 0 Å². The molecule has 8 bridgehead atoms. The molecule has 12 rings (SSSR count). The molecule has 0 aromatic carbocycles. The van der Waals surface area contributed by atoms with Crippen molar-refractivity contribution >= 4 is 23.9 Å². The van der Waals surface area contributed by atoms with E-state index >= 15 is 0 Å². The molecule has 6 atom stereocenters. The second-order valence-corrected chi connectivity index (χ2v) is 20.7. The van der Waals surface area contributed by atoms with Gasteiger partial charge in [0, 0.05) is 64.4 Å². The quantitative estimate of drug-likeness (QED) is 0.325. The average molecular weight is 779 g/mol. The molecule has 4 saturated heterocycles. The first-order valence-corrected chi connectivity index (χ1v) is 23.1. The van der Waals surface area contributed by atoms with Gasteiger partial charge < -0.3 is 40.4 Å². The number of carbonyl (C=O) groups excluding carboxylic acids is 4. The van der Waals surface area contributed by atoms with Crippen LogP contribution < -0.4 is 10.6 Å². The molecule has 12 heteroatoms. The van der Waals surface area contributed by atoms with Gasteiger partial charge >= 0.3 is 12.1 Å². The van der Waals surface area contributed by atoms with E-state index in [1.807, 2.05) is 19.6 Å². The van der Waals surface area contributed by atoms with Gasteiger partial charge in [0.25, 0.3) is 0 Å². The van der Waals surface area contributed by atoms with E-state index < -0.39 is 0 Å². The number of rotatable bonds is 4. The molecule has 8 aliphatic carbocycles. The van der Waals surface area contributed by atoms with Gasteiger partial charge in [0.15, 0.2) is 0 Å². The smallest absolute Gasteiger partial charge is 0.320 e. The standard InChI is InChI=1S/2C22H35N3O3/c2*26-19-16-9-15-10-17(19)13-22(11-15,12-16)20(27)23-18-5-4-8-25(14-18)21(28)24-6-2-1-3-7-24/h2*15-19,26H,1-14H2,(H,23,27)/t2*15?,16?,17?,18-,19?,22?/m00/s1. The van der Waals surface area contributed by atoms with Crippen LogP contribution in [0.5, 0.6) is 0 Å². The summed E-state index contributed by atoms with van der Waals surface area (Å²) >= 11 is 0. The molecule has 12 aliphatic rings. The Morgan fingerprint density at radius 1 is 0.446 bits per heavy atom. The molecule has 12 fully saturated rings. The SMILES string of the molecule is O=C(N1CCCCC1)N1CCC[C@H](NC(=O)C23CC4CC(C2)C(O)C(C4)C3)C1.O=C(N1CCCCC1)N1CCC[C@H](NC(=O)C23CC4CC(C2)C(O)C(C4)C3)C1. The maximum Gasteiger partial charge on any atom is 0.320 e. The fourth-order valence-electron chi connectivity index (χ4n) is 14.3. The third-order valence-electron chi connectivity index (χ3n) is 16.7. The molecule has 0 aromatic rings. The van der Waals surface area contributed by atoms with Crippen LogP contribution in [0.1, 0.15) is 128 Å². The highest BCUT2D eigenvalue weighted by molar-refractivity contribution is 5.84. The first-order chi connectivity index (χ1) is 27.1. The summed E-state index contributed by atoms with van der Waals surface area (Å²) in [7, 11) is 0. The van der Waals surface area contributed by atoms with Gasteiger partial charge in [-0.3, -0.25) is 9.59 Å². The molecule has 0 spiro atoms. The number of aliphatic hydroxyl groups is 2. The third kappa shape index (κ3) is 7.56. The van der Waals surface area contributed by atoms with Crippen molar-refractivity contribution in [2.24, 2.45) is 46.3 Å². The molecule has 8 saturated carbocycles. The number of piperidine rings is 4. The average Bonchev–Trinajstić information content (AvgIpc) is 3.21. The first kappa shape index (κ1) is 38.9. The highest BCUT2D eigenvalue weighted by atomic mass is 16.3. The number of hydrogen-bond donors (Lipinski definition) is 4. The lowest BCUT2D eigenvalue weighted by Gasteiger charge is -2.58. The van der Waals surface area contributed by atoms with Gasteiger partial charge in [-0.25, -0.2) is 9.59 Å². The lowest BCUT2D eigenvalue weighted by molar-refractivity contribution is -0.164. The highest BCUT2D eigenvalue weighted by Crippen LogP contribution is 2.61. The molecular formula is C44H70N6O6. The number of likely N-dealkylation sites (tertiary alicyclic amines) is 4. The van der Waals surface area contributed by atoms with Crippen LogP contribution in [-0.4, -0.2) is 130 Å². The predicted molar refractivity (Wildman–Crippen MR) is 211 cm³/mol. The van der Waals surface area contributed by atoms with Gasteiger partial charge in [0.05, 0.1) is 23.0 Å². The monoisotopic (exact) mass is 779 g/mol. The Hall–Kier alpha value is -2.60. The molecule has 4 N–H and O–H groups in total. The summed E-state index contributed by atoms with van der Waals surface area (Å²) in [4.78, 5) is 60.3. The molecule has 6 amide bonds. The molecule has 0 radical (unpaired) electrons. The van der Waals surface area contributed by atoms with Crippen molar-refractivity contribution in [3.05, 3.63) is 0 Å². The lowest BCUT2D eigenvalue weighted by atomic mass is 9.48. The van der Waals surface area contributed by atoms with Crippen molar-refractivity contribution in [3.63, 3.8) is 0 Å². The van der Waals surface area contributed by atoms with Crippen molar-refractivity contribution in [3.8, 4) is 0 Å². The molecule has 0 aromatic heterocycles. The topological polar surface area (TPSA) is 146 Å². The molecular weight excluding hydrogens is 709 g/mol. The van der Waals surface area contributed by atoms with E-state index in [2.05, 4.69) is 10.6 Å². The second kappa shape index (κ2) is 15.9. The zero-order valence-corrected chi connectivity index (χ0v) is 33.9. The zero-order valence-electron chi connectivity index (χ0n) is 33.9. The highest BCUT2D eigenvalue weighted by Gasteiger charge is 2.59. The van der Waals surface area contributed by atoms with Crippen molar-refractivity contribution < 1.29 is 29.4 Å². The fourth-order valence-corrected chi connectivity index (χ4v) is 14.3. The third-order valence-corrected chi connectivity index (χ3v) is 16.7. The number of aliphatic hydroxyl groups excluding tert-OH is 2. The Labute approximate surface area is 334 Å². The zero-order chi connectivity index (χ0) is 38.6. The largest absolute Gasteiger partial charge is 0.393 e. The summed E-state index contributed by atoms with van der Waals surface area (Å²) in [6, 6.07) is 0.481. The summed E-state index contributed by atoms with van der Waals surface area (Å²) in [6.45, 7) is 6.43. The number of nitrogens with zero attached hydrogens (tertiary/aromatic N) is 4. The van der Waals surface area contributed by atoms with Crippen molar-refractivity contribution in [1.29, 1.82) is 0 Å². The van der Waals surface area contributed by atoms with Crippen molar-refractivity contribution in [2.45, 2.75) is 153 Å². The molecule has 4 aliphatic heterocycles. The van der Waals surface area contributed by atoms with E-state index in [1.54, 1.807) is 0 Å². The van der Waals surface area contributed by atoms with Crippen LogP contribution in [-0.2, 0) is 9.59 Å². The Morgan fingerprint density at radius 2 is 0.786 bits per heavy atom. The predicted octanol–water partition coefficient (Wildman–Crippen LogP) is 4.72. The Balaban J connectivity index is 0.000000146. The van der Waals surface area contributed by atoms with Gasteiger partial charge in [-0.1, -0.05) is 0 Å². The summed E-state index contributed by atoms with van der Waals surface area (Å²) in [6.07, 6.45) is 20.2. The summed E-state index contributed by atoms with van der Waals surface area (Å²) in [5.41, 5.74) is -0.510. The van der Waals surface area contributed by atoms with E-state index in [1.165, 1.54) is 12.8 Å². The van der Waals surface area contributed by atoms with E-state index in [-0.39, 0.29) is 59.0 Å². The van der Waals surface area contributed by atoms with Gasteiger partial charge in [0.2, 0.25) is 11.8 Å². The van der Waals surface area contributed by atoms with Crippen LogP contribution in [0.4, 0.5) is 9.59 Å². The number of amides is 6. The summed E-state index contributed by atoms with van der Waals surface area (Å²) < 4.78 is 0. The van der Waals surface area contributed by atoms with Crippen LogP contribution in [0.2, 0.25) is 0 Å². The molecule has 4 unspecified atom stereocenters.